The van der Waals surface area contributed by atoms with E-state index in [-0.39, 0.29) is 17.2 Å². The van der Waals surface area contributed by atoms with Gasteiger partial charge in [-0.2, -0.15) is 0 Å². The minimum atomic E-state index is -0.0575. The van der Waals surface area contributed by atoms with Crippen LogP contribution in [0.2, 0.25) is 0 Å². The van der Waals surface area contributed by atoms with Gasteiger partial charge in [0.2, 0.25) is 0 Å². The van der Waals surface area contributed by atoms with Crippen LogP contribution in [0.3, 0.4) is 0 Å². The van der Waals surface area contributed by atoms with Crippen LogP contribution in [0.15, 0.2) is 24.3 Å². The summed E-state index contributed by atoms with van der Waals surface area (Å²) in [5.41, 5.74) is 3.16. The van der Waals surface area contributed by atoms with E-state index >= 15 is 0 Å². The van der Waals surface area contributed by atoms with Crippen LogP contribution in [-0.2, 0) is 11.2 Å². The summed E-state index contributed by atoms with van der Waals surface area (Å²) in [6, 6.07) is 6.14. The first kappa shape index (κ1) is 16.1. The van der Waals surface area contributed by atoms with Crippen molar-refractivity contribution in [1.29, 1.82) is 0 Å². The van der Waals surface area contributed by atoms with Gasteiger partial charge in [-0.15, -0.1) is 0 Å². The average molecular weight is 313 g/mol. The molecule has 0 unspecified atom stereocenters. The van der Waals surface area contributed by atoms with Crippen LogP contribution in [0.25, 0.3) is 5.70 Å². The molecule has 23 heavy (non-hydrogen) atoms. The Morgan fingerprint density at radius 2 is 2.00 bits per heavy atom. The monoisotopic (exact) mass is 313 g/mol. The second-order valence-electron chi connectivity index (χ2n) is 7.48. The molecular weight excluding hydrogens is 286 g/mol. The van der Waals surface area contributed by atoms with E-state index in [0.717, 1.165) is 36.3 Å². The first-order valence-electron chi connectivity index (χ1n) is 8.70. The lowest BCUT2D eigenvalue weighted by Crippen LogP contribution is -2.44. The molecule has 124 valence electrons. The van der Waals surface area contributed by atoms with Crippen LogP contribution in [0.5, 0.6) is 5.75 Å². The average Bonchev–Trinajstić information content (AvgIpc) is 2.53. The predicted molar refractivity (Wildman–Crippen MR) is 93.5 cm³/mol. The fraction of sp³-hybridized carbons (Fsp3) is 0.550. The molecule has 1 fully saturated rings. The zero-order valence-corrected chi connectivity index (χ0v) is 14.4. The number of hydrogen-bond acceptors (Lipinski definition) is 3. The van der Waals surface area contributed by atoms with Gasteiger partial charge < -0.3 is 10.1 Å². The Morgan fingerprint density at radius 1 is 1.26 bits per heavy atom. The molecule has 0 amide bonds. The molecule has 0 spiro atoms. The molecule has 3 heteroatoms. The van der Waals surface area contributed by atoms with E-state index in [9.17, 15) is 4.79 Å². The molecule has 1 aromatic rings. The fourth-order valence-corrected chi connectivity index (χ4v) is 3.90. The molecule has 3 nitrogen and oxygen atoms in total. The summed E-state index contributed by atoms with van der Waals surface area (Å²) in [4.78, 5) is 12.7. The molecule has 1 heterocycles. The van der Waals surface area contributed by atoms with Crippen LogP contribution in [0.4, 0.5) is 0 Å². The topological polar surface area (TPSA) is 38.3 Å². The summed E-state index contributed by atoms with van der Waals surface area (Å²) >= 11 is 0. The lowest BCUT2D eigenvalue weighted by molar-refractivity contribution is -0.119. The molecule has 1 saturated carbocycles. The Bertz CT molecular complexity index is 625. The second kappa shape index (κ2) is 6.38. The van der Waals surface area contributed by atoms with Gasteiger partial charge in [-0.05, 0) is 44.7 Å². The zero-order valence-electron chi connectivity index (χ0n) is 14.4. The number of carbonyl (C=O) groups excluding carboxylic acids is 1. The van der Waals surface area contributed by atoms with Gasteiger partial charge in [0.25, 0.3) is 0 Å². The van der Waals surface area contributed by atoms with Crippen LogP contribution in [-0.4, -0.2) is 18.4 Å². The quantitative estimate of drug-likeness (QED) is 0.854. The molecule has 1 aromatic carbocycles. The van der Waals surface area contributed by atoms with Gasteiger partial charge in [-0.3, -0.25) is 4.79 Å². The first-order valence-corrected chi connectivity index (χ1v) is 8.70. The molecule has 1 N–H and O–H groups in total. The van der Waals surface area contributed by atoms with Crippen molar-refractivity contribution in [3.8, 4) is 5.75 Å². The van der Waals surface area contributed by atoms with Crippen molar-refractivity contribution in [1.82, 2.24) is 5.32 Å². The van der Waals surface area contributed by atoms with E-state index in [1.54, 1.807) is 7.11 Å². The van der Waals surface area contributed by atoms with Crippen molar-refractivity contribution < 1.29 is 9.53 Å². The van der Waals surface area contributed by atoms with E-state index in [2.05, 4.69) is 25.2 Å². The molecule has 2 aliphatic rings. The number of carbonyl (C=O) groups is 1. The van der Waals surface area contributed by atoms with Crippen molar-refractivity contribution in [2.24, 2.45) is 5.92 Å². The minimum Gasteiger partial charge on any atom is -0.496 e. The van der Waals surface area contributed by atoms with Gasteiger partial charge in [0.15, 0.2) is 5.78 Å². The number of fused-ring (bicyclic) bond motifs is 1. The smallest absolute Gasteiger partial charge is 0.160 e. The number of hydrogen-bond donors (Lipinski definition) is 1. The maximum absolute atomic E-state index is 12.7. The summed E-state index contributed by atoms with van der Waals surface area (Å²) < 4.78 is 5.55. The molecule has 0 radical (unpaired) electrons. The highest BCUT2D eigenvalue weighted by Gasteiger charge is 2.31. The molecule has 1 aliphatic heterocycles. The Balaban J connectivity index is 1.98. The first-order chi connectivity index (χ1) is 11.0. The molecule has 0 atom stereocenters. The lowest BCUT2D eigenvalue weighted by Gasteiger charge is -2.36. The summed E-state index contributed by atoms with van der Waals surface area (Å²) in [7, 11) is 1.69. The Labute approximate surface area is 139 Å². The molecular formula is C20H27NO2. The molecule has 0 saturated heterocycles. The third-order valence-electron chi connectivity index (χ3n) is 5.00. The van der Waals surface area contributed by atoms with E-state index in [1.165, 1.54) is 24.8 Å². The number of benzene rings is 1. The Morgan fingerprint density at radius 3 is 2.70 bits per heavy atom. The number of allylic oxidation sites excluding steroid dienone is 1. The highest BCUT2D eigenvalue weighted by Crippen LogP contribution is 2.36. The highest BCUT2D eigenvalue weighted by atomic mass is 16.5. The van der Waals surface area contributed by atoms with Crippen LogP contribution in [0, 0.1) is 5.92 Å². The third kappa shape index (κ3) is 3.44. The zero-order chi connectivity index (χ0) is 16.4. The van der Waals surface area contributed by atoms with Gasteiger partial charge >= 0.3 is 0 Å². The van der Waals surface area contributed by atoms with Gasteiger partial charge in [0.05, 0.1) is 7.11 Å². The summed E-state index contributed by atoms with van der Waals surface area (Å²) in [6.07, 6.45) is 8.45. The van der Waals surface area contributed by atoms with Crippen molar-refractivity contribution in [2.75, 3.05) is 7.11 Å². The highest BCUT2D eigenvalue weighted by molar-refractivity contribution is 5.99. The van der Waals surface area contributed by atoms with Crippen molar-refractivity contribution in [3.05, 3.63) is 35.4 Å². The van der Waals surface area contributed by atoms with Gasteiger partial charge in [-0.1, -0.05) is 31.4 Å². The Kier molecular flexibility index (Phi) is 4.47. The van der Waals surface area contributed by atoms with Crippen LogP contribution >= 0.6 is 0 Å². The summed E-state index contributed by atoms with van der Waals surface area (Å²) in [6.45, 7) is 4.35. The summed E-state index contributed by atoms with van der Waals surface area (Å²) in [5, 5.41) is 3.55. The molecule has 0 bridgehead atoms. The number of methoxy groups -OCH3 is 1. The SMILES string of the molecule is COc1cccc2c1/C(=C/C(=O)C1CCCCC1)NC(C)(C)C2. The normalized spacial score (nSPS) is 22.3. The number of ketones is 1. The molecule has 0 aromatic heterocycles. The van der Waals surface area contributed by atoms with Gasteiger partial charge in [0, 0.05) is 28.8 Å². The van der Waals surface area contributed by atoms with Crippen LogP contribution in [0.1, 0.15) is 57.1 Å². The number of nitrogens with one attached hydrogen (secondary N) is 1. The van der Waals surface area contributed by atoms with E-state index < -0.39 is 0 Å². The van der Waals surface area contributed by atoms with Gasteiger partial charge in [0.1, 0.15) is 5.75 Å². The van der Waals surface area contributed by atoms with E-state index in [0.29, 0.717) is 0 Å². The Hall–Kier alpha value is -1.77. The third-order valence-corrected chi connectivity index (χ3v) is 5.00. The predicted octanol–water partition coefficient (Wildman–Crippen LogP) is 4.11. The van der Waals surface area contributed by atoms with E-state index in [4.69, 9.17) is 4.74 Å². The maximum Gasteiger partial charge on any atom is 0.160 e. The molecule has 3 rings (SSSR count). The molecule has 1 aliphatic carbocycles. The van der Waals surface area contributed by atoms with Crippen molar-refractivity contribution >= 4 is 11.5 Å². The standard InChI is InChI=1S/C20H27NO2/c1-20(2)13-15-10-7-11-18(23-3)19(15)16(21-20)12-17(22)14-8-5-4-6-9-14/h7,10-12,14,21H,4-6,8-9,13H2,1-3H3/b16-12-. The number of rotatable bonds is 3. The maximum atomic E-state index is 12.7. The largest absolute Gasteiger partial charge is 0.496 e. The van der Waals surface area contributed by atoms with Gasteiger partial charge in [-0.25, -0.2) is 0 Å². The fourth-order valence-electron chi connectivity index (χ4n) is 3.90. The van der Waals surface area contributed by atoms with E-state index in [1.807, 2.05) is 18.2 Å². The summed E-state index contributed by atoms with van der Waals surface area (Å²) in [5.74, 6) is 1.30. The number of ether oxygens (including phenoxy) is 1. The lowest BCUT2D eigenvalue weighted by atomic mass is 9.83. The van der Waals surface area contributed by atoms with Crippen LogP contribution < -0.4 is 10.1 Å². The van der Waals surface area contributed by atoms with Crippen molar-refractivity contribution in [2.45, 2.75) is 57.9 Å². The second-order valence-corrected chi connectivity index (χ2v) is 7.48. The minimum absolute atomic E-state index is 0.0575. The van der Waals surface area contributed by atoms with Crippen molar-refractivity contribution in [3.63, 3.8) is 0 Å².